The van der Waals surface area contributed by atoms with E-state index in [4.69, 9.17) is 11.6 Å². The number of nitrogens with one attached hydrogen (secondary N) is 1. The second kappa shape index (κ2) is 7.35. The molecule has 0 atom stereocenters. The zero-order valence-electron chi connectivity index (χ0n) is 16.2. The van der Waals surface area contributed by atoms with Crippen LogP contribution in [0.15, 0.2) is 48.5 Å². The molecule has 0 unspecified atom stereocenters. The van der Waals surface area contributed by atoms with E-state index in [9.17, 15) is 13.2 Å². The van der Waals surface area contributed by atoms with Crippen molar-refractivity contribution in [3.63, 3.8) is 0 Å². The van der Waals surface area contributed by atoms with Gasteiger partial charge in [-0.1, -0.05) is 41.9 Å². The molecule has 150 valence electrons. The first-order valence-corrected chi connectivity index (χ1v) is 11.5. The normalized spacial score (nSPS) is 12.9. The van der Waals surface area contributed by atoms with Crippen molar-refractivity contribution in [3.8, 4) is 0 Å². The van der Waals surface area contributed by atoms with Gasteiger partial charge in [0, 0.05) is 16.1 Å². The number of carbonyl (C=O) groups excluding carboxylic acids is 1. The summed E-state index contributed by atoms with van der Waals surface area (Å²) < 4.78 is 25.7. The average molecular weight is 429 g/mol. The number of hydrogen-bond donors (Lipinski definition) is 1. The summed E-state index contributed by atoms with van der Waals surface area (Å²) in [6, 6.07) is 14.9. The standard InChI is InChI=1S/C22H21ClN2O3S/c1-14-6-10-17(12-19(14)23)25(29(2,27)28)13-21(26)24-20-11-9-16-8-7-15-4-3-5-18(20)22(15)16/h3-6,9-12H,7-8,13H2,1-2H3,(H,24,26). The average Bonchev–Trinajstić information content (AvgIpc) is 3.08. The molecule has 0 saturated carbocycles. The third-order valence-corrected chi connectivity index (χ3v) is 6.83. The zero-order valence-corrected chi connectivity index (χ0v) is 17.8. The van der Waals surface area contributed by atoms with Crippen LogP contribution in [-0.4, -0.2) is 27.1 Å². The topological polar surface area (TPSA) is 66.5 Å². The molecule has 1 amide bonds. The highest BCUT2D eigenvalue weighted by Gasteiger charge is 2.22. The molecule has 3 aromatic rings. The van der Waals surface area contributed by atoms with Gasteiger partial charge in [0.25, 0.3) is 0 Å². The minimum absolute atomic E-state index is 0.332. The summed E-state index contributed by atoms with van der Waals surface area (Å²) in [6.45, 7) is 1.50. The highest BCUT2D eigenvalue weighted by molar-refractivity contribution is 7.92. The number of nitrogens with zero attached hydrogens (tertiary/aromatic N) is 1. The van der Waals surface area contributed by atoms with Crippen molar-refractivity contribution < 1.29 is 13.2 Å². The fourth-order valence-corrected chi connectivity index (χ4v) is 4.84. The molecule has 0 radical (unpaired) electrons. The first-order chi connectivity index (χ1) is 13.7. The number of benzene rings is 3. The third-order valence-electron chi connectivity index (χ3n) is 5.28. The molecule has 4 rings (SSSR count). The van der Waals surface area contributed by atoms with Crippen LogP contribution < -0.4 is 9.62 Å². The van der Waals surface area contributed by atoms with Crippen LogP contribution >= 0.6 is 11.6 Å². The zero-order chi connectivity index (χ0) is 20.8. The van der Waals surface area contributed by atoms with Crippen LogP contribution in [-0.2, 0) is 27.7 Å². The lowest BCUT2D eigenvalue weighted by Gasteiger charge is -2.22. The van der Waals surface area contributed by atoms with E-state index in [1.54, 1.807) is 18.2 Å². The lowest BCUT2D eigenvalue weighted by molar-refractivity contribution is -0.114. The van der Waals surface area contributed by atoms with E-state index in [-0.39, 0.29) is 6.54 Å². The molecule has 29 heavy (non-hydrogen) atoms. The molecule has 5 nitrogen and oxygen atoms in total. The molecule has 1 aliphatic carbocycles. The Kier molecular flexibility index (Phi) is 5.00. The smallest absolute Gasteiger partial charge is 0.245 e. The Morgan fingerprint density at radius 1 is 1.10 bits per heavy atom. The Morgan fingerprint density at radius 3 is 2.52 bits per heavy atom. The van der Waals surface area contributed by atoms with Crippen molar-refractivity contribution in [2.45, 2.75) is 19.8 Å². The largest absolute Gasteiger partial charge is 0.324 e. The first kappa shape index (κ1) is 19.7. The van der Waals surface area contributed by atoms with Gasteiger partial charge in [-0.15, -0.1) is 0 Å². The summed E-state index contributed by atoms with van der Waals surface area (Å²) in [5, 5.41) is 5.51. The monoisotopic (exact) mass is 428 g/mol. The number of halogens is 1. The molecule has 0 fully saturated rings. The number of hydrogen-bond acceptors (Lipinski definition) is 3. The minimum atomic E-state index is -3.67. The molecule has 0 heterocycles. The van der Waals surface area contributed by atoms with E-state index in [1.165, 1.54) is 16.5 Å². The number of carbonyl (C=O) groups is 1. The Hall–Kier alpha value is -2.57. The van der Waals surface area contributed by atoms with Gasteiger partial charge in [-0.2, -0.15) is 0 Å². The molecule has 0 aliphatic heterocycles. The quantitative estimate of drug-likeness (QED) is 0.658. The number of aryl methyl sites for hydroxylation is 3. The SMILES string of the molecule is Cc1ccc(N(CC(=O)Nc2ccc3c4c(cccc24)CC3)S(C)(=O)=O)cc1Cl. The van der Waals surface area contributed by atoms with Gasteiger partial charge in [-0.05, 0) is 60.0 Å². The third kappa shape index (κ3) is 3.82. The molecule has 1 N–H and O–H groups in total. The highest BCUT2D eigenvalue weighted by Crippen LogP contribution is 2.35. The van der Waals surface area contributed by atoms with E-state index >= 15 is 0 Å². The summed E-state index contributed by atoms with van der Waals surface area (Å²) in [4.78, 5) is 12.8. The van der Waals surface area contributed by atoms with Gasteiger partial charge in [-0.25, -0.2) is 8.42 Å². The van der Waals surface area contributed by atoms with Crippen molar-refractivity contribution in [1.29, 1.82) is 0 Å². The molecule has 0 spiro atoms. The van der Waals surface area contributed by atoms with Gasteiger partial charge < -0.3 is 5.32 Å². The lowest BCUT2D eigenvalue weighted by Crippen LogP contribution is -2.37. The molecule has 0 saturated heterocycles. The maximum Gasteiger partial charge on any atom is 0.245 e. The summed E-state index contributed by atoms with van der Waals surface area (Å²) in [7, 11) is -3.67. The predicted molar refractivity (Wildman–Crippen MR) is 118 cm³/mol. The van der Waals surface area contributed by atoms with E-state index in [0.29, 0.717) is 16.4 Å². The maximum atomic E-state index is 12.8. The molecule has 0 aromatic heterocycles. The molecular weight excluding hydrogens is 408 g/mol. The van der Waals surface area contributed by atoms with Crippen LogP contribution in [0.25, 0.3) is 10.8 Å². The van der Waals surface area contributed by atoms with Gasteiger partial charge in [0.2, 0.25) is 15.9 Å². The number of sulfonamides is 1. The second-order valence-corrected chi connectivity index (χ2v) is 9.68. The second-order valence-electron chi connectivity index (χ2n) is 7.36. The van der Waals surface area contributed by atoms with Gasteiger partial charge in [0.1, 0.15) is 6.54 Å². The predicted octanol–water partition coefficient (Wildman–Crippen LogP) is 4.30. The number of amides is 1. The Labute approximate surface area is 175 Å². The molecule has 1 aliphatic rings. The van der Waals surface area contributed by atoms with Gasteiger partial charge in [0.05, 0.1) is 11.9 Å². The number of anilines is 2. The van der Waals surface area contributed by atoms with Crippen molar-refractivity contribution in [1.82, 2.24) is 0 Å². The van der Waals surface area contributed by atoms with Crippen LogP contribution in [0.2, 0.25) is 5.02 Å². The molecule has 3 aromatic carbocycles. The molecule has 7 heteroatoms. The van der Waals surface area contributed by atoms with Crippen LogP contribution in [0.4, 0.5) is 11.4 Å². The summed E-state index contributed by atoms with van der Waals surface area (Å²) >= 11 is 6.15. The van der Waals surface area contributed by atoms with Crippen molar-refractivity contribution >= 4 is 49.7 Å². The molecular formula is C22H21ClN2O3S. The Morgan fingerprint density at radius 2 is 1.83 bits per heavy atom. The molecule has 0 bridgehead atoms. The van der Waals surface area contributed by atoms with Crippen LogP contribution in [0, 0.1) is 6.92 Å². The first-order valence-electron chi connectivity index (χ1n) is 9.31. The lowest BCUT2D eigenvalue weighted by atomic mass is 10.0. The Balaban J connectivity index is 1.63. The Bertz CT molecular complexity index is 1230. The summed E-state index contributed by atoms with van der Waals surface area (Å²) in [5.41, 5.74) is 4.44. The maximum absolute atomic E-state index is 12.8. The number of rotatable bonds is 5. The summed E-state index contributed by atoms with van der Waals surface area (Å²) in [5.74, 6) is -0.411. The van der Waals surface area contributed by atoms with Crippen molar-refractivity contribution in [2.75, 3.05) is 22.4 Å². The van der Waals surface area contributed by atoms with Crippen LogP contribution in [0.5, 0.6) is 0 Å². The fourth-order valence-electron chi connectivity index (χ4n) is 3.81. The van der Waals surface area contributed by atoms with Gasteiger partial charge >= 0.3 is 0 Å². The highest BCUT2D eigenvalue weighted by atomic mass is 35.5. The van der Waals surface area contributed by atoms with Crippen LogP contribution in [0.3, 0.4) is 0 Å². The van der Waals surface area contributed by atoms with E-state index in [0.717, 1.165) is 34.4 Å². The van der Waals surface area contributed by atoms with Crippen molar-refractivity contribution in [2.24, 2.45) is 0 Å². The van der Waals surface area contributed by atoms with Crippen LogP contribution in [0.1, 0.15) is 16.7 Å². The summed E-state index contributed by atoms with van der Waals surface area (Å²) in [6.07, 6.45) is 3.08. The van der Waals surface area contributed by atoms with E-state index < -0.39 is 15.9 Å². The minimum Gasteiger partial charge on any atom is -0.324 e. The van der Waals surface area contributed by atoms with E-state index in [1.807, 2.05) is 31.2 Å². The van der Waals surface area contributed by atoms with Crippen molar-refractivity contribution in [3.05, 3.63) is 70.2 Å². The van der Waals surface area contributed by atoms with Gasteiger partial charge in [-0.3, -0.25) is 9.10 Å². The van der Waals surface area contributed by atoms with E-state index in [2.05, 4.69) is 11.4 Å². The van der Waals surface area contributed by atoms with Gasteiger partial charge in [0.15, 0.2) is 0 Å². The fraction of sp³-hybridized carbons (Fsp3) is 0.227.